The number of benzene rings is 2. The third-order valence-electron chi connectivity index (χ3n) is 5.70. The molecule has 0 aromatic heterocycles. The highest BCUT2D eigenvalue weighted by Crippen LogP contribution is 2.35. The molecule has 2 N–H and O–H groups in total. The maximum Gasteiger partial charge on any atom is 0.405 e. The predicted octanol–water partition coefficient (Wildman–Crippen LogP) is 5.35. The Kier molecular flexibility index (Phi) is 8.42. The molecule has 4 rings (SSSR count). The van der Waals surface area contributed by atoms with Crippen LogP contribution >= 0.6 is 23.2 Å². The molecule has 2 aliphatic carbocycles. The molecule has 7 nitrogen and oxygen atoms in total. The quantitative estimate of drug-likeness (QED) is 0.521. The van der Waals surface area contributed by atoms with Crippen LogP contribution in [0.25, 0.3) is 0 Å². The number of nitriles is 1. The number of hydrogen-bond acceptors (Lipinski definition) is 5. The van der Waals surface area contributed by atoms with E-state index >= 15 is 0 Å². The van der Waals surface area contributed by atoms with Crippen LogP contribution in [0.5, 0.6) is 0 Å². The average molecular weight is 529 g/mol. The number of sulfone groups is 1. The molecule has 1 amide bonds. The SMILES string of the molecule is N#CC1(NC(=O)O)CC1.O=S(=O)(c1ccccc1Cl)[C@H]1CC[C@H](OCc2ccc(Cl)c(F)c2)C1. The molecule has 0 heterocycles. The maximum absolute atomic E-state index is 13.4. The number of rotatable bonds is 6. The lowest BCUT2D eigenvalue weighted by Gasteiger charge is -2.14. The molecule has 2 aromatic carbocycles. The number of amides is 1. The number of nitrogens with one attached hydrogen (secondary N) is 1. The number of carbonyl (C=O) groups is 1. The highest BCUT2D eigenvalue weighted by Gasteiger charge is 2.44. The first-order valence-corrected chi connectivity index (χ1v) is 12.8. The molecule has 0 radical (unpaired) electrons. The van der Waals surface area contributed by atoms with E-state index in [2.05, 4.69) is 5.32 Å². The van der Waals surface area contributed by atoms with E-state index in [1.807, 2.05) is 6.07 Å². The van der Waals surface area contributed by atoms with E-state index in [9.17, 15) is 17.6 Å². The van der Waals surface area contributed by atoms with Crippen molar-refractivity contribution in [1.29, 1.82) is 5.26 Å². The van der Waals surface area contributed by atoms with Gasteiger partial charge in [0, 0.05) is 0 Å². The summed E-state index contributed by atoms with van der Waals surface area (Å²) in [4.78, 5) is 10.1. The Labute approximate surface area is 207 Å². The third kappa shape index (κ3) is 6.60. The molecule has 2 aliphatic rings. The Balaban J connectivity index is 0.000000302. The summed E-state index contributed by atoms with van der Waals surface area (Å²) >= 11 is 11.7. The Morgan fingerprint density at radius 2 is 1.91 bits per heavy atom. The number of hydrogen-bond donors (Lipinski definition) is 2. The van der Waals surface area contributed by atoms with Gasteiger partial charge in [-0.15, -0.1) is 0 Å². The van der Waals surface area contributed by atoms with Crippen molar-refractivity contribution in [3.8, 4) is 6.07 Å². The highest BCUT2D eigenvalue weighted by molar-refractivity contribution is 7.92. The first-order chi connectivity index (χ1) is 16.1. The largest absolute Gasteiger partial charge is 0.465 e. The zero-order chi connectivity index (χ0) is 24.9. The van der Waals surface area contributed by atoms with E-state index in [1.54, 1.807) is 24.3 Å². The van der Waals surface area contributed by atoms with Crippen molar-refractivity contribution < 1.29 is 27.4 Å². The average Bonchev–Trinajstić information content (AvgIpc) is 3.38. The van der Waals surface area contributed by atoms with Crippen molar-refractivity contribution in [3.63, 3.8) is 0 Å². The van der Waals surface area contributed by atoms with Gasteiger partial charge in [0.2, 0.25) is 0 Å². The first-order valence-electron chi connectivity index (χ1n) is 10.5. The molecular weight excluding hydrogens is 506 g/mol. The molecule has 0 unspecified atom stereocenters. The van der Waals surface area contributed by atoms with Gasteiger partial charge in [-0.1, -0.05) is 41.4 Å². The fraction of sp³-hybridized carbons (Fsp3) is 0.391. The molecule has 34 heavy (non-hydrogen) atoms. The van der Waals surface area contributed by atoms with Crippen molar-refractivity contribution in [2.45, 2.75) is 60.5 Å². The molecule has 2 atom stereocenters. The van der Waals surface area contributed by atoms with Crippen LogP contribution in [0.15, 0.2) is 47.4 Å². The van der Waals surface area contributed by atoms with E-state index in [-0.39, 0.29) is 27.7 Å². The van der Waals surface area contributed by atoms with Crippen LogP contribution in [-0.4, -0.2) is 36.5 Å². The molecule has 2 fully saturated rings. The normalized spacial score (nSPS) is 20.5. The van der Waals surface area contributed by atoms with Gasteiger partial charge in [0.15, 0.2) is 9.84 Å². The lowest BCUT2D eigenvalue weighted by atomic mass is 10.2. The van der Waals surface area contributed by atoms with Gasteiger partial charge < -0.3 is 15.2 Å². The van der Waals surface area contributed by atoms with Gasteiger partial charge in [-0.25, -0.2) is 17.6 Å². The topological polar surface area (TPSA) is 116 Å². The molecular formula is C23H23Cl2FN2O5S. The second kappa shape index (κ2) is 10.9. The van der Waals surface area contributed by atoms with Gasteiger partial charge in [0.1, 0.15) is 11.4 Å². The van der Waals surface area contributed by atoms with Crippen LogP contribution < -0.4 is 5.32 Å². The molecule has 2 saturated carbocycles. The van der Waals surface area contributed by atoms with Gasteiger partial charge in [-0.2, -0.15) is 5.26 Å². The molecule has 0 aliphatic heterocycles. The van der Waals surface area contributed by atoms with E-state index in [1.165, 1.54) is 18.2 Å². The van der Waals surface area contributed by atoms with Crippen LogP contribution in [0.1, 0.15) is 37.7 Å². The summed E-state index contributed by atoms with van der Waals surface area (Å²) in [5.41, 5.74) is -0.0643. The Hall–Kier alpha value is -2.38. The standard InChI is InChI=1S/C18H17Cl2FO3S.C5H6N2O2/c19-15-8-5-12(9-17(15)21)11-24-13-6-7-14(10-13)25(22,23)18-4-2-1-3-16(18)20;6-3-5(1-2-5)7-4(8)9/h1-5,8-9,13-14H,6-7,10-11H2;7H,1-2H2,(H,8,9)/t13-,14-;/m0./s1. The fourth-order valence-electron chi connectivity index (χ4n) is 3.63. The van der Waals surface area contributed by atoms with E-state index in [0.717, 1.165) is 0 Å². The van der Waals surface area contributed by atoms with Crippen LogP contribution in [0.3, 0.4) is 0 Å². The van der Waals surface area contributed by atoms with Crippen LogP contribution in [0.2, 0.25) is 10.0 Å². The monoisotopic (exact) mass is 528 g/mol. The summed E-state index contributed by atoms with van der Waals surface area (Å²) < 4.78 is 44.7. The lowest BCUT2D eigenvalue weighted by Crippen LogP contribution is -2.33. The molecule has 2 aromatic rings. The van der Waals surface area contributed by atoms with Gasteiger partial charge in [0.25, 0.3) is 0 Å². The lowest BCUT2D eigenvalue weighted by molar-refractivity contribution is 0.0457. The van der Waals surface area contributed by atoms with E-state index in [0.29, 0.717) is 37.7 Å². The summed E-state index contributed by atoms with van der Waals surface area (Å²) in [6, 6.07) is 12.9. The molecule has 0 spiro atoms. The summed E-state index contributed by atoms with van der Waals surface area (Å²) in [6.07, 6.45) is 1.57. The minimum absolute atomic E-state index is 0.0653. The Morgan fingerprint density at radius 1 is 1.21 bits per heavy atom. The van der Waals surface area contributed by atoms with Crippen molar-refractivity contribution in [3.05, 3.63) is 63.9 Å². The Bertz CT molecular complexity index is 1200. The van der Waals surface area contributed by atoms with Crippen molar-refractivity contribution >= 4 is 39.1 Å². The van der Waals surface area contributed by atoms with E-state index in [4.69, 9.17) is 38.3 Å². The predicted molar refractivity (Wildman–Crippen MR) is 125 cm³/mol. The van der Waals surface area contributed by atoms with Crippen LogP contribution in [-0.2, 0) is 21.2 Å². The number of nitrogens with zero attached hydrogens (tertiary/aromatic N) is 1. The first kappa shape index (κ1) is 26.2. The second-order valence-electron chi connectivity index (χ2n) is 8.22. The van der Waals surface area contributed by atoms with Crippen LogP contribution in [0.4, 0.5) is 9.18 Å². The minimum Gasteiger partial charge on any atom is -0.465 e. The second-order valence-corrected chi connectivity index (χ2v) is 11.2. The minimum atomic E-state index is -3.49. The third-order valence-corrected chi connectivity index (χ3v) is 8.72. The van der Waals surface area contributed by atoms with Gasteiger partial charge >= 0.3 is 6.09 Å². The zero-order valence-electron chi connectivity index (χ0n) is 18.0. The van der Waals surface area contributed by atoms with E-state index < -0.39 is 32.5 Å². The summed E-state index contributed by atoms with van der Waals surface area (Å²) in [6.45, 7) is 0.220. The number of ether oxygens (including phenoxy) is 1. The Morgan fingerprint density at radius 3 is 2.47 bits per heavy atom. The maximum atomic E-state index is 13.4. The smallest absolute Gasteiger partial charge is 0.405 e. The molecule has 0 bridgehead atoms. The fourth-order valence-corrected chi connectivity index (χ4v) is 6.08. The van der Waals surface area contributed by atoms with Crippen molar-refractivity contribution in [1.82, 2.24) is 5.32 Å². The summed E-state index contributed by atoms with van der Waals surface area (Å²) in [5.74, 6) is -0.492. The molecule has 11 heteroatoms. The number of carboxylic acid groups (broad SMARTS) is 1. The molecule has 0 saturated heterocycles. The summed E-state index contributed by atoms with van der Waals surface area (Å²) in [7, 11) is -3.49. The summed E-state index contributed by atoms with van der Waals surface area (Å²) in [5, 5.41) is 18.4. The van der Waals surface area contributed by atoms with Crippen LogP contribution in [0, 0.1) is 17.1 Å². The van der Waals surface area contributed by atoms with Gasteiger partial charge in [0.05, 0.1) is 39.0 Å². The highest BCUT2D eigenvalue weighted by atomic mass is 35.5. The molecule has 182 valence electrons. The van der Waals surface area contributed by atoms with Gasteiger partial charge in [-0.3, -0.25) is 0 Å². The van der Waals surface area contributed by atoms with Gasteiger partial charge in [-0.05, 0) is 61.9 Å². The van der Waals surface area contributed by atoms with Crippen molar-refractivity contribution in [2.75, 3.05) is 0 Å². The van der Waals surface area contributed by atoms with Crippen molar-refractivity contribution in [2.24, 2.45) is 0 Å². The number of halogens is 3. The zero-order valence-corrected chi connectivity index (χ0v) is 20.3.